The van der Waals surface area contributed by atoms with Crippen molar-refractivity contribution < 1.29 is 26.7 Å². The van der Waals surface area contributed by atoms with Crippen molar-refractivity contribution in [1.82, 2.24) is 20.0 Å². The normalized spacial score (nSPS) is 12.8. The van der Waals surface area contributed by atoms with Gasteiger partial charge in [-0.2, -0.15) is 10.2 Å². The highest BCUT2D eigenvalue weighted by molar-refractivity contribution is 5.44. The van der Waals surface area contributed by atoms with Gasteiger partial charge in [0.2, 0.25) is 0 Å². The van der Waals surface area contributed by atoms with Crippen LogP contribution < -0.4 is 4.74 Å². The molecule has 3 aromatic rings. The van der Waals surface area contributed by atoms with E-state index in [1.54, 1.807) is 0 Å². The number of ether oxygens (including phenoxy) is 1. The van der Waals surface area contributed by atoms with E-state index >= 15 is 0 Å². The Bertz CT molecular complexity index is 849. The summed E-state index contributed by atoms with van der Waals surface area (Å²) in [5.74, 6) is -1.44. The highest BCUT2D eigenvalue weighted by Crippen LogP contribution is 2.33. The van der Waals surface area contributed by atoms with Gasteiger partial charge in [-0.05, 0) is 17.7 Å². The number of hydrogen-bond acceptors (Lipinski definition) is 4. The maximum Gasteiger partial charge on any atom is 0.573 e. The second-order valence-corrected chi connectivity index (χ2v) is 4.85. The van der Waals surface area contributed by atoms with Crippen molar-refractivity contribution >= 4 is 0 Å². The largest absolute Gasteiger partial charge is 0.573 e. The number of halogens is 5. The van der Waals surface area contributed by atoms with E-state index in [0.717, 1.165) is 35.3 Å². The predicted molar refractivity (Wildman–Crippen MR) is 75.2 cm³/mol. The molecule has 0 aliphatic carbocycles. The van der Waals surface area contributed by atoms with Gasteiger partial charge in [-0.1, -0.05) is 12.1 Å². The number of nitrogens with zero attached hydrogens (tertiary/aromatic N) is 4. The molecule has 2 aromatic heterocycles. The summed E-state index contributed by atoms with van der Waals surface area (Å²) in [6.45, 7) is 0. The van der Waals surface area contributed by atoms with Crippen LogP contribution in [0.2, 0.25) is 0 Å². The molecule has 0 fully saturated rings. The van der Waals surface area contributed by atoms with Crippen LogP contribution >= 0.6 is 0 Å². The summed E-state index contributed by atoms with van der Waals surface area (Å²) >= 11 is 0. The SMILES string of the molecule is Fc1cncc(-n2nccn2)c1C(F)c1ccc(OC(F)(F)F)cc1. The van der Waals surface area contributed by atoms with Gasteiger partial charge in [-0.3, -0.25) is 4.98 Å². The van der Waals surface area contributed by atoms with Crippen LogP contribution in [0.5, 0.6) is 5.75 Å². The Morgan fingerprint density at radius 1 is 1.00 bits per heavy atom. The Morgan fingerprint density at radius 3 is 2.24 bits per heavy atom. The van der Waals surface area contributed by atoms with E-state index in [-0.39, 0.29) is 16.8 Å². The molecule has 0 aliphatic heterocycles. The summed E-state index contributed by atoms with van der Waals surface area (Å²) in [5, 5.41) is 7.61. The van der Waals surface area contributed by atoms with Gasteiger partial charge in [0.15, 0.2) is 6.17 Å². The van der Waals surface area contributed by atoms with Crippen LogP contribution in [-0.2, 0) is 0 Å². The van der Waals surface area contributed by atoms with Crippen LogP contribution in [0.25, 0.3) is 5.69 Å². The summed E-state index contributed by atoms with van der Waals surface area (Å²) in [6.07, 6.45) is -2.16. The van der Waals surface area contributed by atoms with Gasteiger partial charge < -0.3 is 4.74 Å². The maximum atomic E-state index is 14.9. The van der Waals surface area contributed by atoms with Crippen LogP contribution in [0, 0.1) is 5.82 Å². The van der Waals surface area contributed by atoms with Crippen LogP contribution in [-0.4, -0.2) is 26.3 Å². The molecule has 25 heavy (non-hydrogen) atoms. The van der Waals surface area contributed by atoms with Crippen LogP contribution in [0.4, 0.5) is 22.0 Å². The van der Waals surface area contributed by atoms with Crippen molar-refractivity contribution in [3.05, 3.63) is 66.0 Å². The van der Waals surface area contributed by atoms with E-state index in [2.05, 4.69) is 19.9 Å². The monoisotopic (exact) mass is 356 g/mol. The molecule has 1 unspecified atom stereocenters. The van der Waals surface area contributed by atoms with Gasteiger partial charge in [-0.15, -0.1) is 18.0 Å². The fourth-order valence-corrected chi connectivity index (χ4v) is 2.19. The highest BCUT2D eigenvalue weighted by atomic mass is 19.4. The van der Waals surface area contributed by atoms with Gasteiger partial charge in [0, 0.05) is 0 Å². The Kier molecular flexibility index (Phi) is 4.34. The lowest BCUT2D eigenvalue weighted by molar-refractivity contribution is -0.274. The Hall–Kier alpha value is -3.04. The first kappa shape index (κ1) is 16.8. The van der Waals surface area contributed by atoms with Crippen molar-refractivity contribution in [2.24, 2.45) is 0 Å². The maximum absolute atomic E-state index is 14.9. The van der Waals surface area contributed by atoms with E-state index in [9.17, 15) is 22.0 Å². The fraction of sp³-hybridized carbons (Fsp3) is 0.133. The van der Waals surface area contributed by atoms with E-state index in [0.29, 0.717) is 0 Å². The molecule has 0 amide bonds. The Labute approximate surface area is 137 Å². The lowest BCUT2D eigenvalue weighted by atomic mass is 10.0. The molecule has 0 saturated heterocycles. The molecule has 130 valence electrons. The molecule has 10 heteroatoms. The zero-order chi connectivity index (χ0) is 18.0. The molecule has 1 aromatic carbocycles. The smallest absolute Gasteiger partial charge is 0.406 e. The van der Waals surface area contributed by atoms with E-state index in [1.165, 1.54) is 18.6 Å². The number of hydrogen-bond donors (Lipinski definition) is 0. The molecular weight excluding hydrogens is 347 g/mol. The molecule has 1 atom stereocenters. The first-order chi connectivity index (χ1) is 11.8. The molecule has 0 spiro atoms. The van der Waals surface area contributed by atoms with Crippen molar-refractivity contribution in [3.8, 4) is 11.4 Å². The minimum atomic E-state index is -4.85. The number of rotatable bonds is 4. The molecule has 2 heterocycles. The van der Waals surface area contributed by atoms with E-state index in [4.69, 9.17) is 0 Å². The van der Waals surface area contributed by atoms with E-state index < -0.39 is 24.1 Å². The van der Waals surface area contributed by atoms with Crippen LogP contribution in [0.1, 0.15) is 17.3 Å². The standard InChI is InChI=1S/C15H9F5N4O/c16-11-7-21-8-12(24-22-5-6-23-24)13(11)14(17)9-1-3-10(4-2-9)25-15(18,19)20/h1-8,14H. The van der Waals surface area contributed by atoms with Gasteiger partial charge in [0.05, 0.1) is 30.4 Å². The van der Waals surface area contributed by atoms with Gasteiger partial charge >= 0.3 is 6.36 Å². The third kappa shape index (κ3) is 3.73. The lowest BCUT2D eigenvalue weighted by Crippen LogP contribution is -2.17. The van der Waals surface area contributed by atoms with Crippen molar-refractivity contribution in [3.63, 3.8) is 0 Å². The van der Waals surface area contributed by atoms with Crippen molar-refractivity contribution in [2.45, 2.75) is 12.5 Å². The topological polar surface area (TPSA) is 52.8 Å². The second kappa shape index (κ2) is 6.46. The van der Waals surface area contributed by atoms with Gasteiger partial charge in [0.25, 0.3) is 0 Å². The molecule has 0 aliphatic rings. The highest BCUT2D eigenvalue weighted by Gasteiger charge is 2.31. The zero-order valence-corrected chi connectivity index (χ0v) is 12.3. The first-order valence-electron chi connectivity index (χ1n) is 6.85. The number of alkyl halides is 4. The average Bonchev–Trinajstić information content (AvgIpc) is 3.07. The van der Waals surface area contributed by atoms with Crippen LogP contribution in [0.3, 0.4) is 0 Å². The summed E-state index contributed by atoms with van der Waals surface area (Å²) in [5.41, 5.74) is -0.461. The third-order valence-corrected chi connectivity index (χ3v) is 3.21. The van der Waals surface area contributed by atoms with Gasteiger partial charge in [-0.25, -0.2) is 8.78 Å². The minimum Gasteiger partial charge on any atom is -0.406 e. The van der Waals surface area contributed by atoms with E-state index in [1.807, 2.05) is 0 Å². The Morgan fingerprint density at radius 2 is 1.64 bits per heavy atom. The number of aromatic nitrogens is 4. The zero-order valence-electron chi connectivity index (χ0n) is 12.3. The predicted octanol–water partition coefficient (Wildman–Crippen LogP) is 3.76. The third-order valence-electron chi connectivity index (χ3n) is 3.21. The Balaban J connectivity index is 1.95. The average molecular weight is 356 g/mol. The van der Waals surface area contributed by atoms with Crippen molar-refractivity contribution in [2.75, 3.05) is 0 Å². The van der Waals surface area contributed by atoms with Crippen molar-refractivity contribution in [1.29, 1.82) is 0 Å². The molecule has 0 bridgehead atoms. The molecule has 5 nitrogen and oxygen atoms in total. The first-order valence-corrected chi connectivity index (χ1v) is 6.85. The molecule has 0 N–H and O–H groups in total. The molecule has 0 saturated carbocycles. The lowest BCUT2D eigenvalue weighted by Gasteiger charge is -2.15. The number of benzene rings is 1. The van der Waals surface area contributed by atoms with Crippen LogP contribution in [0.15, 0.2) is 49.1 Å². The summed E-state index contributed by atoms with van der Waals surface area (Å²) < 4.78 is 69.2. The minimum absolute atomic E-state index is 0.0203. The molecular formula is C15H9F5N4O. The second-order valence-electron chi connectivity index (χ2n) is 4.85. The van der Waals surface area contributed by atoms with Gasteiger partial charge in [0.1, 0.15) is 17.3 Å². The quantitative estimate of drug-likeness (QED) is 0.668. The summed E-state index contributed by atoms with van der Waals surface area (Å²) in [6, 6.07) is 4.04. The summed E-state index contributed by atoms with van der Waals surface area (Å²) in [4.78, 5) is 4.64. The molecule has 0 radical (unpaired) electrons. The fourth-order valence-electron chi connectivity index (χ4n) is 2.19. The number of pyridine rings is 1. The molecule has 3 rings (SSSR count). The summed E-state index contributed by atoms with van der Waals surface area (Å²) in [7, 11) is 0.